The molecule has 1 aliphatic rings. The number of hydrogen-bond acceptors (Lipinski definition) is 4. The molecule has 2 aromatic rings. The van der Waals surface area contributed by atoms with Crippen molar-refractivity contribution in [2.45, 2.75) is 38.9 Å². The maximum absolute atomic E-state index is 14.2. The van der Waals surface area contributed by atoms with Gasteiger partial charge in [-0.3, -0.25) is 4.79 Å². The van der Waals surface area contributed by atoms with Crippen LogP contribution in [0.5, 0.6) is 0 Å². The minimum Gasteiger partial charge on any atom is -0.427 e. The minimum absolute atomic E-state index is 0.257. The summed E-state index contributed by atoms with van der Waals surface area (Å²) in [6.07, 6.45) is 1.70. The van der Waals surface area contributed by atoms with Crippen LogP contribution in [0.4, 0.5) is 4.39 Å². The summed E-state index contributed by atoms with van der Waals surface area (Å²) in [5.41, 5.74) is 1.98. The summed E-state index contributed by atoms with van der Waals surface area (Å²) in [4.78, 5) is 14.6. The zero-order chi connectivity index (χ0) is 16.6. The number of esters is 1. The molecule has 1 N–H and O–H groups in total. The third-order valence-corrected chi connectivity index (χ3v) is 4.08. The fourth-order valence-electron chi connectivity index (χ4n) is 3.29. The van der Waals surface area contributed by atoms with Crippen LogP contribution in [0.25, 0.3) is 10.9 Å². The molecular weight excluding hydrogens is 299 g/mol. The molecule has 6 heteroatoms. The van der Waals surface area contributed by atoms with E-state index < -0.39 is 17.6 Å². The Morgan fingerprint density at radius 3 is 3.00 bits per heavy atom. The molecule has 1 aromatic carbocycles. The number of carbonyl (C=O) groups excluding carboxylic acids is 1. The largest absolute Gasteiger partial charge is 0.427 e. The van der Waals surface area contributed by atoms with Crippen LogP contribution >= 0.6 is 0 Å². The first kappa shape index (κ1) is 15.5. The fraction of sp³-hybridized carbons (Fsp3) is 0.412. The van der Waals surface area contributed by atoms with Gasteiger partial charge in [0.25, 0.3) is 5.79 Å². The number of benzene rings is 1. The first-order valence-electron chi connectivity index (χ1n) is 7.59. The molecule has 0 radical (unpaired) electrons. The molecule has 0 aliphatic carbocycles. The number of nitriles is 1. The van der Waals surface area contributed by atoms with Crippen LogP contribution in [0.1, 0.15) is 43.5 Å². The summed E-state index contributed by atoms with van der Waals surface area (Å²) in [6, 6.07) is 4.83. The molecule has 0 unspecified atom stereocenters. The molecule has 23 heavy (non-hydrogen) atoms. The Balaban J connectivity index is 2.30. The van der Waals surface area contributed by atoms with Crippen LogP contribution in [0.15, 0.2) is 12.1 Å². The zero-order valence-corrected chi connectivity index (χ0v) is 13.0. The summed E-state index contributed by atoms with van der Waals surface area (Å²) < 4.78 is 25.5. The third kappa shape index (κ3) is 2.37. The average molecular weight is 316 g/mol. The standard InChI is InChI=1S/C17H17FN2O3/c1-3-7-17(23-10(2)21)16-12(6-8-22-17)14-11(9-19)4-5-13(18)15(14)20-16/h4-5,20H,3,6-8H2,1-2H3/t17-/m0/s1. The van der Waals surface area contributed by atoms with E-state index in [0.29, 0.717) is 36.1 Å². The number of halogens is 1. The highest BCUT2D eigenvalue weighted by atomic mass is 19.1. The first-order chi connectivity index (χ1) is 11.0. The Hall–Kier alpha value is -2.39. The van der Waals surface area contributed by atoms with Crippen LogP contribution < -0.4 is 0 Å². The van der Waals surface area contributed by atoms with E-state index in [1.165, 1.54) is 19.1 Å². The molecule has 1 aromatic heterocycles. The quantitative estimate of drug-likeness (QED) is 0.882. The minimum atomic E-state index is -1.24. The number of ether oxygens (including phenoxy) is 2. The van der Waals surface area contributed by atoms with Crippen molar-refractivity contribution in [3.63, 3.8) is 0 Å². The topological polar surface area (TPSA) is 75.1 Å². The SMILES string of the molecule is CCC[C@@]1(OC(C)=O)OCCc2c1[nH]c1c(F)ccc(C#N)c21. The van der Waals surface area contributed by atoms with Gasteiger partial charge in [0.2, 0.25) is 0 Å². The normalized spacial score (nSPS) is 20.1. The lowest BCUT2D eigenvalue weighted by Crippen LogP contribution is -2.39. The molecule has 0 saturated carbocycles. The van der Waals surface area contributed by atoms with Crippen molar-refractivity contribution in [2.75, 3.05) is 6.61 Å². The van der Waals surface area contributed by atoms with Gasteiger partial charge in [0.1, 0.15) is 5.82 Å². The smallest absolute Gasteiger partial charge is 0.305 e. The van der Waals surface area contributed by atoms with Gasteiger partial charge in [-0.05, 0) is 30.5 Å². The number of aromatic amines is 1. The lowest BCUT2D eigenvalue weighted by molar-refractivity contribution is -0.247. The molecule has 3 rings (SSSR count). The summed E-state index contributed by atoms with van der Waals surface area (Å²) in [7, 11) is 0. The van der Waals surface area contributed by atoms with Crippen LogP contribution in [0, 0.1) is 17.1 Å². The van der Waals surface area contributed by atoms with Crippen LogP contribution in [0.3, 0.4) is 0 Å². The van der Waals surface area contributed by atoms with Gasteiger partial charge in [-0.15, -0.1) is 0 Å². The maximum Gasteiger partial charge on any atom is 0.305 e. The highest BCUT2D eigenvalue weighted by Crippen LogP contribution is 2.42. The van der Waals surface area contributed by atoms with E-state index >= 15 is 0 Å². The molecule has 0 saturated heterocycles. The van der Waals surface area contributed by atoms with Gasteiger partial charge in [-0.25, -0.2) is 4.39 Å². The molecule has 1 atom stereocenters. The van der Waals surface area contributed by atoms with Gasteiger partial charge in [0.15, 0.2) is 0 Å². The van der Waals surface area contributed by atoms with E-state index in [2.05, 4.69) is 11.1 Å². The van der Waals surface area contributed by atoms with Gasteiger partial charge in [-0.2, -0.15) is 5.26 Å². The van der Waals surface area contributed by atoms with E-state index in [1.54, 1.807) is 0 Å². The van der Waals surface area contributed by atoms with E-state index in [1.807, 2.05) is 6.92 Å². The number of H-pyrrole nitrogens is 1. The maximum atomic E-state index is 14.2. The van der Waals surface area contributed by atoms with E-state index in [4.69, 9.17) is 9.47 Å². The van der Waals surface area contributed by atoms with Crippen molar-refractivity contribution >= 4 is 16.9 Å². The number of rotatable bonds is 3. The fourth-order valence-corrected chi connectivity index (χ4v) is 3.29. The zero-order valence-electron chi connectivity index (χ0n) is 13.0. The second-order valence-electron chi connectivity index (χ2n) is 5.63. The molecule has 1 aliphatic heterocycles. The molecule has 5 nitrogen and oxygen atoms in total. The lowest BCUT2D eigenvalue weighted by Gasteiger charge is -2.36. The van der Waals surface area contributed by atoms with Gasteiger partial charge in [0.05, 0.1) is 29.5 Å². The molecular formula is C17H17FN2O3. The predicted octanol–water partition coefficient (Wildman–Crippen LogP) is 3.27. The molecule has 0 bridgehead atoms. The Morgan fingerprint density at radius 2 is 2.35 bits per heavy atom. The average Bonchev–Trinajstić information content (AvgIpc) is 2.90. The number of nitrogens with zero attached hydrogens (tertiary/aromatic N) is 1. The number of aromatic nitrogens is 1. The van der Waals surface area contributed by atoms with Crippen molar-refractivity contribution in [3.8, 4) is 6.07 Å². The monoisotopic (exact) mass is 316 g/mol. The van der Waals surface area contributed by atoms with Gasteiger partial charge >= 0.3 is 5.97 Å². The number of fused-ring (bicyclic) bond motifs is 3. The highest BCUT2D eigenvalue weighted by Gasteiger charge is 2.43. The van der Waals surface area contributed by atoms with E-state index in [9.17, 15) is 14.4 Å². The van der Waals surface area contributed by atoms with Gasteiger partial charge < -0.3 is 14.5 Å². The van der Waals surface area contributed by atoms with E-state index in [-0.39, 0.29) is 5.52 Å². The number of carbonyl (C=O) groups is 1. The Kier molecular flexibility index (Phi) is 3.82. The van der Waals surface area contributed by atoms with Crippen LogP contribution in [-0.4, -0.2) is 17.6 Å². The van der Waals surface area contributed by atoms with Crippen molar-refractivity contribution in [1.29, 1.82) is 5.26 Å². The highest BCUT2D eigenvalue weighted by molar-refractivity contribution is 5.91. The molecule has 0 spiro atoms. The van der Waals surface area contributed by atoms with Crippen molar-refractivity contribution < 1.29 is 18.7 Å². The molecule has 2 heterocycles. The first-order valence-corrected chi connectivity index (χ1v) is 7.59. The number of hydrogen-bond donors (Lipinski definition) is 1. The Bertz CT molecular complexity index is 821. The molecule has 120 valence electrons. The summed E-state index contributed by atoms with van der Waals surface area (Å²) >= 11 is 0. The van der Waals surface area contributed by atoms with Gasteiger partial charge in [-0.1, -0.05) is 6.92 Å². The summed E-state index contributed by atoms with van der Waals surface area (Å²) in [6.45, 7) is 3.61. The van der Waals surface area contributed by atoms with Crippen molar-refractivity contribution in [2.24, 2.45) is 0 Å². The Morgan fingerprint density at radius 1 is 1.57 bits per heavy atom. The predicted molar refractivity (Wildman–Crippen MR) is 81.0 cm³/mol. The lowest BCUT2D eigenvalue weighted by atomic mass is 9.95. The third-order valence-electron chi connectivity index (χ3n) is 4.08. The molecule has 0 amide bonds. The second kappa shape index (κ2) is 5.67. The van der Waals surface area contributed by atoms with Crippen molar-refractivity contribution in [3.05, 3.63) is 34.8 Å². The van der Waals surface area contributed by atoms with Crippen LogP contribution in [0.2, 0.25) is 0 Å². The second-order valence-corrected chi connectivity index (χ2v) is 5.63. The molecule has 0 fully saturated rings. The van der Waals surface area contributed by atoms with Gasteiger partial charge in [0, 0.05) is 18.7 Å². The van der Waals surface area contributed by atoms with E-state index in [0.717, 1.165) is 12.0 Å². The Labute approximate surface area is 133 Å². The summed E-state index contributed by atoms with van der Waals surface area (Å²) in [5.74, 6) is -2.15. The summed E-state index contributed by atoms with van der Waals surface area (Å²) in [5, 5.41) is 9.88. The van der Waals surface area contributed by atoms with Crippen LogP contribution in [-0.2, 0) is 26.5 Å². The number of nitrogens with one attached hydrogen (secondary N) is 1. The van der Waals surface area contributed by atoms with Crippen molar-refractivity contribution in [1.82, 2.24) is 4.98 Å².